The topological polar surface area (TPSA) is 57.5 Å². The standard InChI is InChI=1S/C23H18F3NO4/c1-16(28)30-31-20-7-2-5-17(15-20)6-3-13-27-14-4-8-21(27)22(29)18-9-11-19(12-10-18)23(24,25)26/h2-12,14-15H,13H2,1H3/b6-3+. The molecule has 0 amide bonds. The summed E-state index contributed by atoms with van der Waals surface area (Å²) in [6, 6.07) is 14.3. The van der Waals surface area contributed by atoms with Crippen molar-refractivity contribution in [1.29, 1.82) is 0 Å². The lowest BCUT2D eigenvalue weighted by molar-refractivity contribution is -0.210. The molecule has 3 aromatic rings. The fraction of sp³-hybridized carbons (Fsp3) is 0.130. The van der Waals surface area contributed by atoms with Gasteiger partial charge in [-0.05, 0) is 42.0 Å². The summed E-state index contributed by atoms with van der Waals surface area (Å²) in [5, 5.41) is 0. The largest absolute Gasteiger partial charge is 0.416 e. The number of benzene rings is 2. The summed E-state index contributed by atoms with van der Waals surface area (Å²) in [6.45, 7) is 1.59. The molecule has 0 saturated heterocycles. The van der Waals surface area contributed by atoms with Gasteiger partial charge in [0.2, 0.25) is 5.78 Å². The average molecular weight is 429 g/mol. The summed E-state index contributed by atoms with van der Waals surface area (Å²) < 4.78 is 39.8. The SMILES string of the molecule is CC(=O)OOc1cccc(/C=C/Cn2cccc2C(=O)c2ccc(C(F)(F)F)cc2)c1. The third-order valence-electron chi connectivity index (χ3n) is 4.26. The fourth-order valence-corrected chi connectivity index (χ4v) is 2.82. The van der Waals surface area contributed by atoms with E-state index >= 15 is 0 Å². The van der Waals surface area contributed by atoms with Crippen molar-refractivity contribution in [3.63, 3.8) is 0 Å². The third-order valence-corrected chi connectivity index (χ3v) is 4.26. The number of hydrogen-bond acceptors (Lipinski definition) is 4. The molecule has 2 aromatic carbocycles. The Morgan fingerprint density at radius 2 is 1.77 bits per heavy atom. The number of carbonyl (C=O) groups excluding carboxylic acids is 2. The number of aromatic nitrogens is 1. The van der Waals surface area contributed by atoms with E-state index in [0.717, 1.165) is 17.7 Å². The Kier molecular flexibility index (Phi) is 6.59. The fourth-order valence-electron chi connectivity index (χ4n) is 2.82. The number of rotatable bonds is 7. The summed E-state index contributed by atoms with van der Waals surface area (Å²) in [4.78, 5) is 32.9. The molecule has 5 nitrogen and oxygen atoms in total. The minimum absolute atomic E-state index is 0.173. The van der Waals surface area contributed by atoms with Crippen molar-refractivity contribution in [2.45, 2.75) is 19.6 Å². The lowest BCUT2D eigenvalue weighted by atomic mass is 10.1. The van der Waals surface area contributed by atoms with Crippen LogP contribution in [0.5, 0.6) is 5.75 Å². The molecule has 0 atom stereocenters. The van der Waals surface area contributed by atoms with Crippen LogP contribution in [0.25, 0.3) is 6.08 Å². The number of allylic oxidation sites excluding steroid dienone is 1. The number of carbonyl (C=O) groups is 2. The van der Waals surface area contributed by atoms with E-state index in [9.17, 15) is 22.8 Å². The normalized spacial score (nSPS) is 11.5. The Hall–Kier alpha value is -3.81. The third kappa shape index (κ3) is 5.85. The quantitative estimate of drug-likeness (QED) is 0.290. The van der Waals surface area contributed by atoms with E-state index in [1.165, 1.54) is 19.1 Å². The van der Waals surface area contributed by atoms with Crippen LogP contribution in [0.3, 0.4) is 0 Å². The first-order valence-electron chi connectivity index (χ1n) is 9.23. The Labute approximate surface area is 176 Å². The van der Waals surface area contributed by atoms with Crippen molar-refractivity contribution in [3.8, 4) is 5.75 Å². The van der Waals surface area contributed by atoms with E-state index in [0.29, 0.717) is 18.0 Å². The van der Waals surface area contributed by atoms with E-state index in [1.54, 1.807) is 47.2 Å². The molecule has 0 N–H and O–H groups in total. The molecule has 0 saturated carbocycles. The van der Waals surface area contributed by atoms with Gasteiger partial charge in [-0.15, -0.1) is 0 Å². The maximum atomic E-state index is 12.7. The summed E-state index contributed by atoms with van der Waals surface area (Å²) in [7, 11) is 0. The Balaban J connectivity index is 1.69. The first-order chi connectivity index (χ1) is 14.7. The first-order valence-corrected chi connectivity index (χ1v) is 9.23. The van der Waals surface area contributed by atoms with Crippen molar-refractivity contribution in [2.75, 3.05) is 0 Å². The summed E-state index contributed by atoms with van der Waals surface area (Å²) in [5.74, 6) is -0.584. The Morgan fingerprint density at radius 3 is 2.45 bits per heavy atom. The van der Waals surface area contributed by atoms with Gasteiger partial charge in [0.25, 0.3) is 0 Å². The van der Waals surface area contributed by atoms with E-state index < -0.39 is 17.7 Å². The van der Waals surface area contributed by atoms with Gasteiger partial charge in [-0.2, -0.15) is 13.2 Å². The van der Waals surface area contributed by atoms with E-state index in [1.807, 2.05) is 12.1 Å². The van der Waals surface area contributed by atoms with Gasteiger partial charge in [-0.1, -0.05) is 36.4 Å². The van der Waals surface area contributed by atoms with Crippen LogP contribution in [0.4, 0.5) is 13.2 Å². The van der Waals surface area contributed by atoms with Crippen LogP contribution in [0, 0.1) is 0 Å². The van der Waals surface area contributed by atoms with Gasteiger partial charge in [0.15, 0.2) is 5.75 Å². The van der Waals surface area contributed by atoms with Crippen LogP contribution in [0.1, 0.15) is 34.1 Å². The van der Waals surface area contributed by atoms with Crippen LogP contribution >= 0.6 is 0 Å². The molecular weight excluding hydrogens is 411 g/mol. The predicted octanol–water partition coefficient (Wildman–Crippen LogP) is 5.31. The van der Waals surface area contributed by atoms with Gasteiger partial charge >= 0.3 is 12.1 Å². The average Bonchev–Trinajstić information content (AvgIpc) is 3.20. The van der Waals surface area contributed by atoms with Crippen molar-refractivity contribution in [1.82, 2.24) is 4.57 Å². The van der Waals surface area contributed by atoms with Crippen molar-refractivity contribution in [2.24, 2.45) is 0 Å². The van der Waals surface area contributed by atoms with Crippen LogP contribution < -0.4 is 4.89 Å². The zero-order valence-electron chi connectivity index (χ0n) is 16.4. The van der Waals surface area contributed by atoms with Gasteiger partial charge in [-0.25, -0.2) is 4.79 Å². The first kappa shape index (κ1) is 21.9. The zero-order chi connectivity index (χ0) is 22.4. The summed E-state index contributed by atoms with van der Waals surface area (Å²) in [6.07, 6.45) is 0.872. The zero-order valence-corrected chi connectivity index (χ0v) is 16.4. The highest BCUT2D eigenvalue weighted by Gasteiger charge is 2.30. The smallest absolute Gasteiger partial charge is 0.341 e. The van der Waals surface area contributed by atoms with Crippen LogP contribution in [-0.4, -0.2) is 16.3 Å². The molecule has 0 aliphatic carbocycles. The minimum atomic E-state index is -4.45. The molecule has 160 valence electrons. The maximum Gasteiger partial charge on any atom is 0.416 e. The van der Waals surface area contributed by atoms with Crippen LogP contribution in [-0.2, 0) is 22.4 Å². The van der Waals surface area contributed by atoms with Crippen LogP contribution in [0.15, 0.2) is 72.9 Å². The Morgan fingerprint density at radius 1 is 1.03 bits per heavy atom. The number of nitrogens with zero attached hydrogens (tertiary/aromatic N) is 1. The monoisotopic (exact) mass is 429 g/mol. The lowest BCUT2D eigenvalue weighted by Crippen LogP contribution is -2.10. The molecule has 0 unspecified atom stereocenters. The van der Waals surface area contributed by atoms with Gasteiger partial charge in [0.05, 0.1) is 11.3 Å². The summed E-state index contributed by atoms with van der Waals surface area (Å²) >= 11 is 0. The molecule has 0 fully saturated rings. The van der Waals surface area contributed by atoms with E-state index in [4.69, 9.17) is 4.89 Å². The molecule has 8 heteroatoms. The van der Waals surface area contributed by atoms with Crippen LogP contribution in [0.2, 0.25) is 0 Å². The molecule has 1 aromatic heterocycles. The molecular formula is C23H18F3NO4. The molecule has 0 radical (unpaired) electrons. The number of halogens is 3. The molecule has 3 rings (SSSR count). The van der Waals surface area contributed by atoms with E-state index in [2.05, 4.69) is 4.89 Å². The van der Waals surface area contributed by atoms with Gasteiger partial charge in [0.1, 0.15) is 0 Å². The second kappa shape index (κ2) is 9.34. The van der Waals surface area contributed by atoms with Gasteiger partial charge < -0.3 is 4.57 Å². The maximum absolute atomic E-state index is 12.7. The molecule has 31 heavy (non-hydrogen) atoms. The van der Waals surface area contributed by atoms with Gasteiger partial charge in [0, 0.05) is 25.2 Å². The highest BCUT2D eigenvalue weighted by molar-refractivity contribution is 6.08. The van der Waals surface area contributed by atoms with Crippen molar-refractivity contribution in [3.05, 3.63) is 95.3 Å². The number of alkyl halides is 3. The summed E-state index contributed by atoms with van der Waals surface area (Å²) in [5.41, 5.74) is 0.512. The molecule has 0 aliphatic heterocycles. The lowest BCUT2D eigenvalue weighted by Gasteiger charge is -2.09. The van der Waals surface area contributed by atoms with E-state index in [-0.39, 0.29) is 11.3 Å². The second-order valence-electron chi connectivity index (χ2n) is 6.58. The number of ketones is 1. The highest BCUT2D eigenvalue weighted by atomic mass is 19.4. The van der Waals surface area contributed by atoms with Gasteiger partial charge in [-0.3, -0.25) is 14.6 Å². The van der Waals surface area contributed by atoms with Crippen molar-refractivity contribution < 1.29 is 32.5 Å². The second-order valence-corrected chi connectivity index (χ2v) is 6.58. The molecule has 0 spiro atoms. The van der Waals surface area contributed by atoms with Crippen molar-refractivity contribution >= 4 is 17.8 Å². The highest BCUT2D eigenvalue weighted by Crippen LogP contribution is 2.29. The molecule has 0 bridgehead atoms. The molecule has 0 aliphatic rings. The Bertz CT molecular complexity index is 1100. The predicted molar refractivity (Wildman–Crippen MR) is 107 cm³/mol. The number of hydrogen-bond donors (Lipinski definition) is 0. The molecule has 1 heterocycles. The minimum Gasteiger partial charge on any atom is -0.341 e.